The topological polar surface area (TPSA) is 55.4 Å². The zero-order valence-corrected chi connectivity index (χ0v) is 10.4. The Labute approximate surface area is 96.7 Å². The van der Waals surface area contributed by atoms with E-state index in [2.05, 4.69) is 5.32 Å². The van der Waals surface area contributed by atoms with Crippen molar-refractivity contribution in [2.24, 2.45) is 11.8 Å². The molecule has 0 spiro atoms. The van der Waals surface area contributed by atoms with Crippen molar-refractivity contribution >= 4 is 11.9 Å². The highest BCUT2D eigenvalue weighted by Crippen LogP contribution is 2.23. The monoisotopic (exact) mass is 227 g/mol. The van der Waals surface area contributed by atoms with Gasteiger partial charge in [-0.3, -0.25) is 4.79 Å². The molecule has 1 aliphatic carbocycles. The molecule has 0 saturated heterocycles. The van der Waals surface area contributed by atoms with E-state index in [4.69, 9.17) is 4.74 Å². The molecule has 0 radical (unpaired) electrons. The molecule has 4 heteroatoms. The Bertz CT molecular complexity index is 269. The first-order valence-corrected chi connectivity index (χ1v) is 5.92. The van der Waals surface area contributed by atoms with Gasteiger partial charge in [-0.05, 0) is 18.8 Å². The highest BCUT2D eigenvalue weighted by molar-refractivity contribution is 5.89. The van der Waals surface area contributed by atoms with Gasteiger partial charge in [0.2, 0.25) is 0 Å². The van der Waals surface area contributed by atoms with Crippen LogP contribution in [-0.2, 0) is 9.53 Å². The maximum absolute atomic E-state index is 11.9. The van der Waals surface area contributed by atoms with Crippen molar-refractivity contribution < 1.29 is 14.3 Å². The summed E-state index contributed by atoms with van der Waals surface area (Å²) in [5.41, 5.74) is 0. The van der Waals surface area contributed by atoms with Gasteiger partial charge in [0.25, 0.3) is 0 Å². The molecular weight excluding hydrogens is 206 g/mol. The summed E-state index contributed by atoms with van der Waals surface area (Å²) in [6, 6.07) is -0.439. The smallest absolute Gasteiger partial charge is 0.408 e. The number of ketones is 1. The van der Waals surface area contributed by atoms with Crippen LogP contribution in [0.15, 0.2) is 0 Å². The molecule has 0 unspecified atom stereocenters. The van der Waals surface area contributed by atoms with E-state index in [0.717, 1.165) is 12.8 Å². The lowest BCUT2D eigenvalue weighted by molar-refractivity contribution is -0.124. The summed E-state index contributed by atoms with van der Waals surface area (Å²) in [6.45, 7) is 7.52. The van der Waals surface area contributed by atoms with Crippen LogP contribution >= 0.6 is 0 Å². The molecule has 4 nitrogen and oxygen atoms in total. The van der Waals surface area contributed by atoms with E-state index in [9.17, 15) is 9.59 Å². The molecule has 0 heterocycles. The number of rotatable bonds is 5. The molecule has 92 valence electrons. The quantitative estimate of drug-likeness (QED) is 0.782. The molecule has 0 aromatic carbocycles. The van der Waals surface area contributed by atoms with Crippen LogP contribution in [-0.4, -0.2) is 24.0 Å². The first-order valence-electron chi connectivity index (χ1n) is 5.92. The number of nitrogens with one attached hydrogen (secondary N) is 1. The van der Waals surface area contributed by atoms with Crippen LogP contribution in [0.25, 0.3) is 0 Å². The van der Waals surface area contributed by atoms with Crippen LogP contribution in [0.4, 0.5) is 4.79 Å². The molecule has 1 N–H and O–H groups in total. The fraction of sp³-hybridized carbons (Fsp3) is 0.833. The van der Waals surface area contributed by atoms with Crippen LogP contribution in [0.2, 0.25) is 0 Å². The van der Waals surface area contributed by atoms with Crippen LogP contribution in [0.5, 0.6) is 0 Å². The maximum atomic E-state index is 11.9. The van der Waals surface area contributed by atoms with E-state index in [1.807, 2.05) is 27.7 Å². The molecule has 0 aliphatic heterocycles. The van der Waals surface area contributed by atoms with Crippen LogP contribution < -0.4 is 5.32 Å². The minimum absolute atomic E-state index is 0.0581. The molecule has 0 bridgehead atoms. The Kier molecular flexibility index (Phi) is 4.33. The molecule has 1 fully saturated rings. The number of hydrogen-bond acceptors (Lipinski definition) is 3. The van der Waals surface area contributed by atoms with E-state index in [1.54, 1.807) is 0 Å². The second kappa shape index (κ2) is 5.32. The highest BCUT2D eigenvalue weighted by atomic mass is 16.6. The van der Waals surface area contributed by atoms with Gasteiger partial charge in [-0.2, -0.15) is 0 Å². The van der Waals surface area contributed by atoms with Crippen molar-refractivity contribution in [2.45, 2.75) is 52.7 Å². The second-order valence-electron chi connectivity index (χ2n) is 5.03. The van der Waals surface area contributed by atoms with Crippen LogP contribution in [0.3, 0.4) is 0 Å². The predicted molar refractivity (Wildman–Crippen MR) is 61.1 cm³/mol. The van der Waals surface area contributed by atoms with Gasteiger partial charge < -0.3 is 10.1 Å². The first-order chi connectivity index (χ1) is 7.41. The molecule has 1 saturated carbocycles. The van der Waals surface area contributed by atoms with Gasteiger partial charge in [0, 0.05) is 5.92 Å². The highest BCUT2D eigenvalue weighted by Gasteiger charge is 2.30. The van der Waals surface area contributed by atoms with Crippen molar-refractivity contribution in [1.29, 1.82) is 0 Å². The average molecular weight is 227 g/mol. The maximum Gasteiger partial charge on any atom is 0.408 e. The molecule has 1 rings (SSSR count). The van der Waals surface area contributed by atoms with Gasteiger partial charge in [-0.25, -0.2) is 4.79 Å². The lowest BCUT2D eigenvalue weighted by Crippen LogP contribution is -2.46. The van der Waals surface area contributed by atoms with Crippen LogP contribution in [0, 0.1) is 11.8 Å². The van der Waals surface area contributed by atoms with Crippen molar-refractivity contribution in [3.8, 4) is 0 Å². The minimum atomic E-state index is -0.463. The largest absolute Gasteiger partial charge is 0.446 e. The van der Waals surface area contributed by atoms with Gasteiger partial charge in [0.05, 0.1) is 6.04 Å². The van der Waals surface area contributed by atoms with Crippen molar-refractivity contribution in [2.75, 3.05) is 0 Å². The molecule has 1 amide bonds. The fourth-order valence-electron chi connectivity index (χ4n) is 1.42. The van der Waals surface area contributed by atoms with Gasteiger partial charge in [0.1, 0.15) is 6.10 Å². The third-order valence-corrected chi connectivity index (χ3v) is 2.61. The molecular formula is C12H21NO3. The number of hydrogen-bond donors (Lipinski definition) is 1. The van der Waals surface area contributed by atoms with Gasteiger partial charge in [-0.15, -0.1) is 0 Å². The summed E-state index contributed by atoms with van der Waals surface area (Å²) in [5.74, 6) is 0.0676. The summed E-state index contributed by atoms with van der Waals surface area (Å²) in [5, 5.41) is 2.66. The fourth-order valence-corrected chi connectivity index (χ4v) is 1.42. The minimum Gasteiger partial charge on any atom is -0.446 e. The van der Waals surface area contributed by atoms with E-state index in [0.29, 0.717) is 0 Å². The third kappa shape index (κ3) is 3.83. The number of Topliss-reactive ketones (excluding diaryl/α,β-unsaturated/α-hetero) is 1. The summed E-state index contributed by atoms with van der Waals surface area (Å²) in [6.07, 6.45) is 1.49. The Balaban J connectivity index is 2.49. The molecule has 1 atom stereocenters. The Hall–Kier alpha value is -1.06. The number of alkyl carbamates (subject to hydrolysis) is 1. The van der Waals surface area contributed by atoms with E-state index < -0.39 is 12.1 Å². The summed E-state index contributed by atoms with van der Waals surface area (Å²) >= 11 is 0. The van der Waals surface area contributed by atoms with E-state index in [1.165, 1.54) is 0 Å². The third-order valence-electron chi connectivity index (χ3n) is 2.61. The normalized spacial score (nSPS) is 17.4. The SMILES string of the molecule is CC(C)C(=O)[C@@H](NC(=O)OC1CC1)C(C)C. The zero-order valence-electron chi connectivity index (χ0n) is 10.4. The number of ether oxygens (including phenoxy) is 1. The number of carbonyl (C=O) groups is 2. The van der Waals surface area contributed by atoms with Crippen LogP contribution in [0.1, 0.15) is 40.5 Å². The standard InChI is InChI=1S/C12H21NO3/c1-7(2)10(11(14)8(3)4)13-12(15)16-9-5-6-9/h7-10H,5-6H2,1-4H3,(H,13,15)/t10-/m0/s1. The lowest BCUT2D eigenvalue weighted by Gasteiger charge is -2.22. The van der Waals surface area contributed by atoms with Crippen molar-refractivity contribution in [1.82, 2.24) is 5.32 Å². The summed E-state index contributed by atoms with van der Waals surface area (Å²) in [7, 11) is 0. The Morgan fingerprint density at radius 3 is 2.12 bits per heavy atom. The Morgan fingerprint density at radius 2 is 1.75 bits per heavy atom. The molecule has 16 heavy (non-hydrogen) atoms. The average Bonchev–Trinajstić information content (AvgIpc) is 2.96. The first kappa shape index (κ1) is 13.0. The van der Waals surface area contributed by atoms with Crippen molar-refractivity contribution in [3.05, 3.63) is 0 Å². The molecule has 0 aromatic heterocycles. The summed E-state index contributed by atoms with van der Waals surface area (Å²) in [4.78, 5) is 23.3. The second-order valence-corrected chi connectivity index (χ2v) is 5.03. The van der Waals surface area contributed by atoms with Gasteiger partial charge >= 0.3 is 6.09 Å². The predicted octanol–water partition coefficient (Wildman–Crippen LogP) is 2.12. The number of carbonyl (C=O) groups excluding carboxylic acids is 2. The van der Waals surface area contributed by atoms with Gasteiger partial charge in [-0.1, -0.05) is 27.7 Å². The van der Waals surface area contributed by atoms with Gasteiger partial charge in [0.15, 0.2) is 5.78 Å². The van der Waals surface area contributed by atoms with E-state index in [-0.39, 0.29) is 23.7 Å². The van der Waals surface area contributed by atoms with E-state index >= 15 is 0 Å². The Morgan fingerprint density at radius 1 is 1.19 bits per heavy atom. The zero-order chi connectivity index (χ0) is 12.3. The molecule has 1 aliphatic rings. The number of amides is 1. The van der Waals surface area contributed by atoms with Crippen molar-refractivity contribution in [3.63, 3.8) is 0 Å². The molecule has 0 aromatic rings. The summed E-state index contributed by atoms with van der Waals surface area (Å²) < 4.78 is 5.07. The lowest BCUT2D eigenvalue weighted by atomic mass is 9.93.